The van der Waals surface area contributed by atoms with Crippen molar-refractivity contribution in [1.29, 1.82) is 0 Å². The second-order valence-electron chi connectivity index (χ2n) is 2.05. The number of hydrogen-bond donors (Lipinski definition) is 0. The zero-order valence-corrected chi connectivity index (χ0v) is 6.54. The Hall–Kier alpha value is -1.18. The van der Waals surface area contributed by atoms with E-state index in [4.69, 9.17) is 10.8 Å². The van der Waals surface area contributed by atoms with Gasteiger partial charge in [-0.15, -0.1) is 0 Å². The first-order valence-corrected chi connectivity index (χ1v) is 3.51. The summed E-state index contributed by atoms with van der Waals surface area (Å²) < 4.78 is 17.1. The van der Waals surface area contributed by atoms with Crippen molar-refractivity contribution < 1.29 is 10.8 Å². The fourth-order valence-corrected chi connectivity index (χ4v) is 0.820. The van der Waals surface area contributed by atoms with Crippen molar-refractivity contribution in [3.63, 3.8) is 0 Å². The lowest BCUT2D eigenvalue weighted by atomic mass is 10.3. The Labute approximate surface area is 68.2 Å². The molecule has 2 nitrogen and oxygen atoms in total. The lowest BCUT2D eigenvalue weighted by Crippen LogP contribution is -1.91. The second kappa shape index (κ2) is 3.86. The number of methoxy groups -OCH3 is 1. The van der Waals surface area contributed by atoms with Gasteiger partial charge >= 0.3 is 0 Å². The van der Waals surface area contributed by atoms with Gasteiger partial charge in [0.05, 0.1) is 15.1 Å². The summed E-state index contributed by atoms with van der Waals surface area (Å²) >= 11 is 0. The number of hydrogen-bond acceptors (Lipinski definition) is 2. The summed E-state index contributed by atoms with van der Waals surface area (Å²) in [5, 5.41) is 0. The van der Waals surface area contributed by atoms with Gasteiger partial charge in [0, 0.05) is 6.07 Å². The predicted octanol–water partition coefficient (Wildman–Crippen LogP) is 2.09. The van der Waals surface area contributed by atoms with Gasteiger partial charge in [-0.25, -0.2) is 0 Å². The number of rotatable bonds is 3. The van der Waals surface area contributed by atoms with E-state index in [1.807, 2.05) is 19.1 Å². The SMILES string of the molecule is [3H]COc1cccc(OCC)c1. The van der Waals surface area contributed by atoms with Crippen LogP contribution in [0.2, 0.25) is 0 Å². The van der Waals surface area contributed by atoms with Gasteiger partial charge in [-0.05, 0) is 19.1 Å². The van der Waals surface area contributed by atoms with Crippen LogP contribution in [0.5, 0.6) is 11.5 Å². The molecule has 0 aliphatic rings. The summed E-state index contributed by atoms with van der Waals surface area (Å²) in [5.41, 5.74) is 0. The predicted molar refractivity (Wildman–Crippen MR) is 44.2 cm³/mol. The first-order chi connectivity index (χ1) is 5.86. The van der Waals surface area contributed by atoms with Crippen LogP contribution in [-0.2, 0) is 0 Å². The van der Waals surface area contributed by atoms with Crippen LogP contribution in [-0.4, -0.2) is 13.7 Å². The summed E-state index contributed by atoms with van der Waals surface area (Å²) in [6.45, 7) is 2.57. The summed E-state index contributed by atoms with van der Waals surface area (Å²) in [7, 11) is -0.0599. The molecule has 0 radical (unpaired) electrons. The van der Waals surface area contributed by atoms with Crippen molar-refractivity contribution in [1.82, 2.24) is 0 Å². The number of benzene rings is 1. The van der Waals surface area contributed by atoms with Crippen molar-refractivity contribution in [2.75, 3.05) is 13.7 Å². The number of ether oxygens (including phenoxy) is 2. The van der Waals surface area contributed by atoms with Crippen molar-refractivity contribution in [3.8, 4) is 11.5 Å². The molecule has 0 spiro atoms. The molecule has 0 saturated carbocycles. The fourth-order valence-electron chi connectivity index (χ4n) is 0.820. The molecule has 0 aromatic heterocycles. The van der Waals surface area contributed by atoms with Gasteiger partial charge in [0.2, 0.25) is 0 Å². The Morgan fingerprint density at radius 2 is 2.27 bits per heavy atom. The van der Waals surface area contributed by atoms with Gasteiger partial charge < -0.3 is 9.47 Å². The average molecular weight is 154 g/mol. The van der Waals surface area contributed by atoms with Gasteiger partial charge in [-0.3, -0.25) is 0 Å². The van der Waals surface area contributed by atoms with E-state index in [9.17, 15) is 0 Å². The third-order valence-corrected chi connectivity index (χ3v) is 1.28. The highest BCUT2D eigenvalue weighted by Gasteiger charge is 1.93. The lowest BCUT2D eigenvalue weighted by Gasteiger charge is -2.04. The third-order valence-electron chi connectivity index (χ3n) is 1.28. The maximum Gasteiger partial charge on any atom is 0.122 e. The molecule has 60 valence electrons. The molecule has 0 amide bonds. The van der Waals surface area contributed by atoms with Gasteiger partial charge in [0.15, 0.2) is 0 Å². The van der Waals surface area contributed by atoms with Crippen LogP contribution in [0, 0.1) is 0 Å². The van der Waals surface area contributed by atoms with Crippen molar-refractivity contribution in [2.24, 2.45) is 0 Å². The first-order valence-electron chi connectivity index (χ1n) is 4.22. The molecule has 0 saturated heterocycles. The van der Waals surface area contributed by atoms with E-state index in [2.05, 4.69) is 0 Å². The Morgan fingerprint density at radius 1 is 1.45 bits per heavy atom. The third kappa shape index (κ3) is 2.15. The van der Waals surface area contributed by atoms with E-state index in [0.717, 1.165) is 5.75 Å². The molecule has 1 rings (SSSR count). The second-order valence-corrected chi connectivity index (χ2v) is 2.05. The van der Waals surface area contributed by atoms with Crippen LogP contribution in [0.15, 0.2) is 24.3 Å². The molecular formula is C9H12O2. The lowest BCUT2D eigenvalue weighted by molar-refractivity contribution is 0.336. The highest BCUT2D eigenvalue weighted by Crippen LogP contribution is 2.18. The molecule has 0 heterocycles. The fraction of sp³-hybridized carbons (Fsp3) is 0.333. The van der Waals surface area contributed by atoms with Crippen molar-refractivity contribution >= 4 is 0 Å². The Kier molecular flexibility index (Phi) is 2.29. The summed E-state index contributed by atoms with van der Waals surface area (Å²) in [4.78, 5) is 0. The van der Waals surface area contributed by atoms with E-state index in [1.165, 1.54) is 0 Å². The topological polar surface area (TPSA) is 18.5 Å². The van der Waals surface area contributed by atoms with E-state index in [-0.39, 0.29) is 7.09 Å². The standard InChI is InChI=1S/C9H12O2/c1-3-11-9-6-4-5-8(7-9)10-2/h4-7H,3H2,1-2H3/i2T. The van der Waals surface area contributed by atoms with E-state index in [0.29, 0.717) is 12.4 Å². The molecule has 0 N–H and O–H groups in total. The van der Waals surface area contributed by atoms with Crippen LogP contribution >= 0.6 is 0 Å². The zero-order valence-electron chi connectivity index (χ0n) is 7.54. The van der Waals surface area contributed by atoms with Crippen LogP contribution in [0.3, 0.4) is 0 Å². The maximum atomic E-state index is 6.85. The molecular weight excluding hydrogens is 140 g/mol. The quantitative estimate of drug-likeness (QED) is 0.663. The van der Waals surface area contributed by atoms with E-state index >= 15 is 0 Å². The maximum absolute atomic E-state index is 6.85. The Morgan fingerprint density at radius 3 is 3.00 bits per heavy atom. The minimum absolute atomic E-state index is 0.0599. The van der Waals surface area contributed by atoms with Gasteiger partial charge in [-0.2, -0.15) is 0 Å². The van der Waals surface area contributed by atoms with Crippen molar-refractivity contribution in [2.45, 2.75) is 6.92 Å². The molecule has 0 atom stereocenters. The molecule has 11 heavy (non-hydrogen) atoms. The minimum atomic E-state index is -0.0599. The van der Waals surface area contributed by atoms with Crippen molar-refractivity contribution in [3.05, 3.63) is 24.3 Å². The Bertz CT molecular complexity index is 216. The molecule has 0 unspecified atom stereocenters. The monoisotopic (exact) mass is 154 g/mol. The molecule has 2 heteroatoms. The van der Waals surface area contributed by atoms with Crippen LogP contribution in [0.25, 0.3) is 0 Å². The minimum Gasteiger partial charge on any atom is -0.497 e. The van der Waals surface area contributed by atoms with Gasteiger partial charge in [0.1, 0.15) is 11.5 Å². The highest BCUT2D eigenvalue weighted by molar-refractivity contribution is 5.32. The largest absolute Gasteiger partial charge is 0.497 e. The summed E-state index contributed by atoms with van der Waals surface area (Å²) in [6, 6.07) is 7.28. The molecule has 0 fully saturated rings. The molecule has 0 aliphatic carbocycles. The van der Waals surface area contributed by atoms with E-state index < -0.39 is 0 Å². The summed E-state index contributed by atoms with van der Waals surface area (Å²) in [5.74, 6) is 1.46. The normalized spacial score (nSPS) is 10.5. The van der Waals surface area contributed by atoms with Crippen LogP contribution in [0.4, 0.5) is 0 Å². The Balaban J connectivity index is 2.67. The summed E-state index contributed by atoms with van der Waals surface area (Å²) in [6.07, 6.45) is 0. The molecule has 0 aliphatic heterocycles. The molecule has 1 aromatic carbocycles. The van der Waals surface area contributed by atoms with Gasteiger partial charge in [0.25, 0.3) is 0 Å². The first kappa shape index (κ1) is 6.53. The molecule has 0 bridgehead atoms. The molecule has 1 aromatic rings. The zero-order chi connectivity index (χ0) is 8.81. The van der Waals surface area contributed by atoms with Crippen LogP contribution in [0.1, 0.15) is 8.29 Å². The smallest absolute Gasteiger partial charge is 0.122 e. The average Bonchev–Trinajstić information content (AvgIpc) is 2.06. The van der Waals surface area contributed by atoms with E-state index in [1.54, 1.807) is 12.1 Å². The highest BCUT2D eigenvalue weighted by atomic mass is 16.5. The van der Waals surface area contributed by atoms with Crippen LogP contribution < -0.4 is 9.47 Å². The van der Waals surface area contributed by atoms with Gasteiger partial charge in [-0.1, -0.05) is 6.07 Å².